The summed E-state index contributed by atoms with van der Waals surface area (Å²) in [5, 5.41) is 23.5. The van der Waals surface area contributed by atoms with E-state index in [0.29, 0.717) is 18.7 Å². The Kier molecular flexibility index (Phi) is 7.96. The molecule has 0 radical (unpaired) electrons. The highest BCUT2D eigenvalue weighted by Crippen LogP contribution is 2.55. The van der Waals surface area contributed by atoms with Crippen molar-refractivity contribution in [2.75, 3.05) is 5.75 Å². The van der Waals surface area contributed by atoms with Crippen LogP contribution >= 0.6 is 11.8 Å². The summed E-state index contributed by atoms with van der Waals surface area (Å²) in [7, 11) is 0. The number of ether oxygens (including phenoxy) is 2. The number of urea groups is 1. The second-order valence-electron chi connectivity index (χ2n) is 12.7. The quantitative estimate of drug-likeness (QED) is 0.247. The van der Waals surface area contributed by atoms with Gasteiger partial charge in [0.25, 0.3) is 0 Å². The zero-order valence-corrected chi connectivity index (χ0v) is 24.5. The molecule has 0 spiro atoms. The maximum absolute atomic E-state index is 12.9. The van der Waals surface area contributed by atoms with Crippen molar-refractivity contribution in [1.29, 1.82) is 0 Å². The molecule has 4 bridgehead atoms. The van der Waals surface area contributed by atoms with Crippen LogP contribution in [0.15, 0.2) is 60.0 Å². The first-order valence-corrected chi connectivity index (χ1v) is 16.1. The molecular formula is C32H39N5O4S. The highest BCUT2D eigenvalue weighted by atomic mass is 32.2. The molecule has 3 atom stereocenters. The SMILES string of the molecule is O=C(NCc1ccc([C@H]2O[C@@H](CSc3ncn[nH]3)C[C@@H](c3ccc(CO)cc3)O2)cc1)NC12CC3CC(CC(C3)C1)C2. The van der Waals surface area contributed by atoms with Crippen LogP contribution in [0.2, 0.25) is 0 Å². The minimum absolute atomic E-state index is 0.00951. The zero-order valence-electron chi connectivity index (χ0n) is 23.7. The first-order valence-electron chi connectivity index (χ1n) is 15.2. The van der Waals surface area contributed by atoms with Crippen LogP contribution < -0.4 is 10.6 Å². The summed E-state index contributed by atoms with van der Waals surface area (Å²) in [6.45, 7) is 0.486. The average molecular weight is 590 g/mol. The minimum atomic E-state index is -0.525. The van der Waals surface area contributed by atoms with Crippen LogP contribution in [-0.4, -0.2) is 43.7 Å². The summed E-state index contributed by atoms with van der Waals surface area (Å²) in [6.07, 6.45) is 9.00. The number of aromatic nitrogens is 3. The summed E-state index contributed by atoms with van der Waals surface area (Å²) in [4.78, 5) is 17.1. The van der Waals surface area contributed by atoms with Gasteiger partial charge in [-0.25, -0.2) is 9.78 Å². The van der Waals surface area contributed by atoms with Crippen LogP contribution in [0.4, 0.5) is 4.79 Å². The lowest BCUT2D eigenvalue weighted by Crippen LogP contribution is -2.61. The van der Waals surface area contributed by atoms with Gasteiger partial charge in [-0.15, -0.1) is 0 Å². The van der Waals surface area contributed by atoms with E-state index in [-0.39, 0.29) is 30.4 Å². The van der Waals surface area contributed by atoms with E-state index in [1.54, 1.807) is 11.8 Å². The van der Waals surface area contributed by atoms with Gasteiger partial charge in [0.15, 0.2) is 11.4 Å². The van der Waals surface area contributed by atoms with E-state index in [4.69, 9.17) is 9.47 Å². The Morgan fingerprint density at radius 3 is 2.24 bits per heavy atom. The highest BCUT2D eigenvalue weighted by molar-refractivity contribution is 7.99. The number of hydrogen-bond acceptors (Lipinski definition) is 7. The summed E-state index contributed by atoms with van der Waals surface area (Å²) >= 11 is 1.58. The lowest BCUT2D eigenvalue weighted by Gasteiger charge is -2.56. The Morgan fingerprint density at radius 1 is 0.929 bits per heavy atom. The van der Waals surface area contributed by atoms with Crippen LogP contribution in [0.5, 0.6) is 0 Å². The van der Waals surface area contributed by atoms with Gasteiger partial charge in [-0.3, -0.25) is 5.10 Å². The second kappa shape index (κ2) is 12.0. The molecule has 5 aliphatic rings. The van der Waals surface area contributed by atoms with Gasteiger partial charge in [-0.05, 0) is 73.0 Å². The number of aromatic amines is 1. The van der Waals surface area contributed by atoms with Crippen LogP contribution in [-0.2, 0) is 22.6 Å². The van der Waals surface area contributed by atoms with Crippen LogP contribution in [0.1, 0.15) is 79.6 Å². The van der Waals surface area contributed by atoms with E-state index in [2.05, 4.69) is 25.8 Å². The third-order valence-corrected chi connectivity index (χ3v) is 10.5. The van der Waals surface area contributed by atoms with Crippen molar-refractivity contribution < 1.29 is 19.4 Å². The molecule has 2 aromatic carbocycles. The van der Waals surface area contributed by atoms with Crippen molar-refractivity contribution >= 4 is 17.8 Å². The van der Waals surface area contributed by atoms with Gasteiger partial charge in [0.1, 0.15) is 6.33 Å². The molecule has 2 amide bonds. The molecular weight excluding hydrogens is 550 g/mol. The molecule has 9 nitrogen and oxygen atoms in total. The summed E-state index contributed by atoms with van der Waals surface area (Å²) in [5.41, 5.74) is 3.90. The zero-order chi connectivity index (χ0) is 28.5. The van der Waals surface area contributed by atoms with Crippen molar-refractivity contribution in [3.05, 3.63) is 77.1 Å². The van der Waals surface area contributed by atoms with Crippen LogP contribution in [0.25, 0.3) is 0 Å². The van der Waals surface area contributed by atoms with Gasteiger partial charge in [0, 0.05) is 29.8 Å². The van der Waals surface area contributed by atoms with Gasteiger partial charge in [0.2, 0.25) is 0 Å². The Bertz CT molecular complexity index is 1310. The van der Waals surface area contributed by atoms with E-state index < -0.39 is 6.29 Å². The average Bonchev–Trinajstić information content (AvgIpc) is 3.52. The molecule has 1 saturated heterocycles. The summed E-state index contributed by atoms with van der Waals surface area (Å²) in [6, 6.07) is 16.0. The predicted octanol–water partition coefficient (Wildman–Crippen LogP) is 5.40. The second-order valence-corrected chi connectivity index (χ2v) is 13.7. The molecule has 0 unspecified atom stereocenters. The molecule has 10 heteroatoms. The normalized spacial score (nSPS) is 31.6. The highest BCUT2D eigenvalue weighted by Gasteiger charge is 2.51. The van der Waals surface area contributed by atoms with Gasteiger partial charge in [-0.2, -0.15) is 5.10 Å². The van der Waals surface area contributed by atoms with Gasteiger partial charge in [-0.1, -0.05) is 60.3 Å². The number of carbonyl (C=O) groups excluding carboxylic acids is 1. The van der Waals surface area contributed by atoms with Crippen molar-refractivity contribution in [2.24, 2.45) is 17.8 Å². The first-order chi connectivity index (χ1) is 20.5. The molecule has 1 aromatic heterocycles. The maximum Gasteiger partial charge on any atom is 0.315 e. The number of aliphatic hydroxyl groups is 1. The maximum atomic E-state index is 12.9. The van der Waals surface area contributed by atoms with E-state index in [1.807, 2.05) is 48.5 Å². The number of benzene rings is 2. The number of amides is 2. The molecule has 4 N–H and O–H groups in total. The van der Waals surface area contributed by atoms with E-state index in [1.165, 1.54) is 25.6 Å². The van der Waals surface area contributed by atoms with E-state index in [9.17, 15) is 9.90 Å². The fourth-order valence-electron chi connectivity index (χ4n) is 7.98. The Labute approximate surface area is 250 Å². The first kappa shape index (κ1) is 27.9. The number of thioether (sulfide) groups is 1. The third kappa shape index (κ3) is 6.22. The smallest absolute Gasteiger partial charge is 0.315 e. The molecule has 2 heterocycles. The number of rotatable bonds is 9. The molecule has 3 aromatic rings. The lowest BCUT2D eigenvalue weighted by atomic mass is 9.53. The van der Waals surface area contributed by atoms with Crippen molar-refractivity contribution in [2.45, 2.75) is 87.3 Å². The molecule has 222 valence electrons. The lowest BCUT2D eigenvalue weighted by molar-refractivity contribution is -0.245. The van der Waals surface area contributed by atoms with Crippen molar-refractivity contribution in [3.63, 3.8) is 0 Å². The summed E-state index contributed by atoms with van der Waals surface area (Å²) in [5.74, 6) is 3.11. The van der Waals surface area contributed by atoms with Gasteiger partial charge >= 0.3 is 6.03 Å². The van der Waals surface area contributed by atoms with Gasteiger partial charge < -0.3 is 25.2 Å². The topological polar surface area (TPSA) is 121 Å². The number of aliphatic hydroxyl groups excluding tert-OH is 1. The van der Waals surface area contributed by atoms with Crippen molar-refractivity contribution in [3.8, 4) is 0 Å². The Balaban J connectivity index is 0.979. The van der Waals surface area contributed by atoms with E-state index in [0.717, 1.165) is 64.4 Å². The van der Waals surface area contributed by atoms with Gasteiger partial charge in [0.05, 0.1) is 18.8 Å². The molecule has 4 aliphatic carbocycles. The number of nitrogens with one attached hydrogen (secondary N) is 3. The number of carbonyl (C=O) groups is 1. The largest absolute Gasteiger partial charge is 0.392 e. The standard InChI is InChI=1S/C32H39N5O4S/c38-17-21-3-5-25(6-4-21)28-12-27(18-42-31-34-19-35-37-31)40-29(41-28)26-7-1-20(2-8-26)16-33-30(39)36-32-13-22-9-23(14-32)11-24(10-22)15-32/h1-8,19,22-24,27-29,38H,9-18H2,(H2,33,36,39)(H,34,35,37)/t22?,23?,24?,27-,28+,29+,32?/m1/s1. The fourth-order valence-corrected chi connectivity index (χ4v) is 8.78. The number of nitrogens with zero attached hydrogens (tertiary/aromatic N) is 2. The third-order valence-electron chi connectivity index (χ3n) is 9.54. The van der Waals surface area contributed by atoms with Crippen molar-refractivity contribution in [1.82, 2.24) is 25.8 Å². The van der Waals surface area contributed by atoms with E-state index >= 15 is 0 Å². The number of H-pyrrole nitrogens is 1. The minimum Gasteiger partial charge on any atom is -0.392 e. The molecule has 4 saturated carbocycles. The van der Waals surface area contributed by atoms with Crippen LogP contribution in [0.3, 0.4) is 0 Å². The monoisotopic (exact) mass is 589 g/mol. The molecule has 5 fully saturated rings. The summed E-state index contributed by atoms with van der Waals surface area (Å²) < 4.78 is 12.9. The predicted molar refractivity (Wildman–Crippen MR) is 158 cm³/mol. The Hall–Kier alpha value is -2.92. The molecule has 8 rings (SSSR count). The molecule has 1 aliphatic heterocycles. The number of hydrogen-bond donors (Lipinski definition) is 4. The molecule has 42 heavy (non-hydrogen) atoms. The fraction of sp³-hybridized carbons (Fsp3) is 0.531. The van der Waals surface area contributed by atoms with Crippen LogP contribution in [0, 0.1) is 17.8 Å². The Morgan fingerprint density at radius 2 is 1.60 bits per heavy atom.